The lowest BCUT2D eigenvalue weighted by atomic mass is 10.2. The van der Waals surface area contributed by atoms with Crippen LogP contribution in [0.2, 0.25) is 0 Å². The minimum Gasteiger partial charge on any atom is -0.328 e. The highest BCUT2D eigenvalue weighted by Gasteiger charge is 2.34. The van der Waals surface area contributed by atoms with E-state index in [0.29, 0.717) is 6.42 Å². The third-order valence-electron chi connectivity index (χ3n) is 2.72. The number of nitrogens with zero attached hydrogens (tertiary/aromatic N) is 2. The Kier molecular flexibility index (Phi) is 2.46. The molecule has 6 heteroatoms. The van der Waals surface area contributed by atoms with Gasteiger partial charge < -0.3 is 5.73 Å². The minimum absolute atomic E-state index is 0.0242. The first-order chi connectivity index (χ1) is 6.97. The molecule has 3 nitrogen and oxygen atoms in total. The Morgan fingerprint density at radius 1 is 1.40 bits per heavy atom. The summed E-state index contributed by atoms with van der Waals surface area (Å²) >= 11 is 0. The van der Waals surface area contributed by atoms with Gasteiger partial charge in [-0.25, -0.2) is 0 Å². The standard InChI is InChI=1S/C9H12F3N3/c10-9(11,12)8-3-4-15(14-8)7-2-1-6(13)5-7/h3-4,6-7H,1-2,5,13H2/t6-,7-/m0/s1. The predicted octanol–water partition coefficient (Wildman–Crippen LogP) is 1.95. The van der Waals surface area contributed by atoms with E-state index >= 15 is 0 Å². The monoisotopic (exact) mass is 219 g/mol. The topological polar surface area (TPSA) is 43.8 Å². The number of halogens is 3. The van der Waals surface area contributed by atoms with Crippen LogP contribution in [0.3, 0.4) is 0 Å². The van der Waals surface area contributed by atoms with Crippen molar-refractivity contribution in [3.05, 3.63) is 18.0 Å². The van der Waals surface area contributed by atoms with Crippen molar-refractivity contribution in [1.29, 1.82) is 0 Å². The van der Waals surface area contributed by atoms with Gasteiger partial charge in [-0.1, -0.05) is 0 Å². The highest BCUT2D eigenvalue weighted by Crippen LogP contribution is 2.31. The highest BCUT2D eigenvalue weighted by molar-refractivity contribution is 5.04. The lowest BCUT2D eigenvalue weighted by molar-refractivity contribution is -0.141. The maximum Gasteiger partial charge on any atom is 0.435 e. The van der Waals surface area contributed by atoms with Gasteiger partial charge in [-0.15, -0.1) is 0 Å². The fourth-order valence-corrected chi connectivity index (χ4v) is 1.92. The molecule has 0 aliphatic heterocycles. The van der Waals surface area contributed by atoms with Crippen LogP contribution < -0.4 is 5.73 Å². The van der Waals surface area contributed by atoms with Crippen LogP contribution in [0.4, 0.5) is 13.2 Å². The van der Waals surface area contributed by atoms with E-state index < -0.39 is 11.9 Å². The fourth-order valence-electron chi connectivity index (χ4n) is 1.92. The van der Waals surface area contributed by atoms with Crippen LogP contribution in [0.5, 0.6) is 0 Å². The summed E-state index contributed by atoms with van der Waals surface area (Å²) < 4.78 is 38.2. The van der Waals surface area contributed by atoms with Gasteiger partial charge in [-0.05, 0) is 25.3 Å². The SMILES string of the molecule is N[C@H]1CC[C@H](n2ccc(C(F)(F)F)n2)C1. The van der Waals surface area contributed by atoms with Gasteiger partial charge in [0.2, 0.25) is 0 Å². The van der Waals surface area contributed by atoms with E-state index in [-0.39, 0.29) is 12.1 Å². The summed E-state index contributed by atoms with van der Waals surface area (Å²) in [7, 11) is 0. The molecule has 1 fully saturated rings. The molecule has 0 spiro atoms. The molecule has 1 saturated carbocycles. The summed E-state index contributed by atoms with van der Waals surface area (Å²) in [5.74, 6) is 0. The van der Waals surface area contributed by atoms with E-state index in [1.54, 1.807) is 0 Å². The maximum absolute atomic E-state index is 12.3. The van der Waals surface area contributed by atoms with Crippen LogP contribution in [0, 0.1) is 0 Å². The molecule has 84 valence electrons. The van der Waals surface area contributed by atoms with E-state index in [4.69, 9.17) is 5.73 Å². The van der Waals surface area contributed by atoms with E-state index in [1.165, 1.54) is 10.9 Å². The van der Waals surface area contributed by atoms with Gasteiger partial charge in [-0.2, -0.15) is 18.3 Å². The Morgan fingerprint density at radius 2 is 2.13 bits per heavy atom. The molecule has 1 aliphatic carbocycles. The van der Waals surface area contributed by atoms with Crippen LogP contribution in [0.15, 0.2) is 12.3 Å². The molecule has 0 radical (unpaired) electrons. The van der Waals surface area contributed by atoms with Crippen molar-refractivity contribution in [2.24, 2.45) is 5.73 Å². The van der Waals surface area contributed by atoms with Crippen LogP contribution in [0.25, 0.3) is 0 Å². The lowest BCUT2D eigenvalue weighted by Gasteiger charge is -2.10. The van der Waals surface area contributed by atoms with E-state index in [2.05, 4.69) is 5.10 Å². The minimum atomic E-state index is -4.36. The molecule has 0 bridgehead atoms. The van der Waals surface area contributed by atoms with Crippen molar-refractivity contribution in [3.8, 4) is 0 Å². The number of aromatic nitrogens is 2. The Labute approximate surface area is 85.1 Å². The maximum atomic E-state index is 12.3. The van der Waals surface area contributed by atoms with Crippen molar-refractivity contribution in [3.63, 3.8) is 0 Å². The predicted molar refractivity (Wildman–Crippen MR) is 48.1 cm³/mol. The van der Waals surface area contributed by atoms with Gasteiger partial charge in [0.15, 0.2) is 5.69 Å². The summed E-state index contributed by atoms with van der Waals surface area (Å²) in [6, 6.07) is 1.12. The largest absolute Gasteiger partial charge is 0.435 e. The molecule has 2 atom stereocenters. The number of nitrogens with two attached hydrogens (primary N) is 1. The summed E-state index contributed by atoms with van der Waals surface area (Å²) in [5.41, 5.74) is 4.86. The quantitative estimate of drug-likeness (QED) is 0.784. The fraction of sp³-hybridized carbons (Fsp3) is 0.667. The summed E-state index contributed by atoms with van der Waals surface area (Å²) in [5, 5.41) is 3.53. The third-order valence-corrected chi connectivity index (χ3v) is 2.72. The molecule has 1 aromatic heterocycles. The molecule has 1 aromatic rings. The first kappa shape index (κ1) is 10.5. The molecule has 0 aromatic carbocycles. The van der Waals surface area contributed by atoms with Gasteiger partial charge in [-0.3, -0.25) is 4.68 Å². The Bertz CT molecular complexity index is 345. The van der Waals surface area contributed by atoms with Gasteiger partial charge in [0, 0.05) is 12.2 Å². The second-order valence-corrected chi connectivity index (χ2v) is 3.91. The van der Waals surface area contributed by atoms with Crippen molar-refractivity contribution < 1.29 is 13.2 Å². The zero-order chi connectivity index (χ0) is 11.1. The van der Waals surface area contributed by atoms with Crippen LogP contribution in [-0.4, -0.2) is 15.8 Å². The molecule has 0 amide bonds. The molecule has 2 rings (SSSR count). The van der Waals surface area contributed by atoms with E-state index in [0.717, 1.165) is 18.9 Å². The number of alkyl halides is 3. The molecule has 1 heterocycles. The van der Waals surface area contributed by atoms with Crippen molar-refractivity contribution in [2.75, 3.05) is 0 Å². The average molecular weight is 219 g/mol. The highest BCUT2D eigenvalue weighted by atomic mass is 19.4. The van der Waals surface area contributed by atoms with Gasteiger partial charge >= 0.3 is 6.18 Å². The second-order valence-electron chi connectivity index (χ2n) is 3.91. The van der Waals surface area contributed by atoms with Crippen molar-refractivity contribution in [1.82, 2.24) is 9.78 Å². The zero-order valence-electron chi connectivity index (χ0n) is 8.04. The molecular formula is C9H12F3N3. The van der Waals surface area contributed by atoms with Gasteiger partial charge in [0.25, 0.3) is 0 Å². The van der Waals surface area contributed by atoms with Crippen LogP contribution >= 0.6 is 0 Å². The second kappa shape index (κ2) is 3.52. The summed E-state index contributed by atoms with van der Waals surface area (Å²) in [4.78, 5) is 0. The zero-order valence-corrected chi connectivity index (χ0v) is 8.04. The molecule has 2 N–H and O–H groups in total. The molecular weight excluding hydrogens is 207 g/mol. The first-order valence-corrected chi connectivity index (χ1v) is 4.85. The number of rotatable bonds is 1. The first-order valence-electron chi connectivity index (χ1n) is 4.85. The smallest absolute Gasteiger partial charge is 0.328 e. The lowest BCUT2D eigenvalue weighted by Crippen LogP contribution is -2.16. The third kappa shape index (κ3) is 2.14. The average Bonchev–Trinajstić information content (AvgIpc) is 2.69. The Hall–Kier alpha value is -1.04. The Morgan fingerprint density at radius 3 is 2.60 bits per heavy atom. The van der Waals surface area contributed by atoms with Gasteiger partial charge in [0.1, 0.15) is 0 Å². The van der Waals surface area contributed by atoms with Crippen LogP contribution in [0.1, 0.15) is 31.0 Å². The normalized spacial score (nSPS) is 27.2. The molecule has 15 heavy (non-hydrogen) atoms. The summed E-state index contributed by atoms with van der Waals surface area (Å²) in [6.07, 6.45) is -0.609. The Balaban J connectivity index is 2.14. The van der Waals surface area contributed by atoms with E-state index in [1.807, 2.05) is 0 Å². The molecule has 0 saturated heterocycles. The number of hydrogen-bond acceptors (Lipinski definition) is 2. The number of hydrogen-bond donors (Lipinski definition) is 1. The van der Waals surface area contributed by atoms with Crippen molar-refractivity contribution in [2.45, 2.75) is 37.5 Å². The summed E-state index contributed by atoms with van der Waals surface area (Å²) in [6.45, 7) is 0. The van der Waals surface area contributed by atoms with Crippen LogP contribution in [-0.2, 0) is 6.18 Å². The van der Waals surface area contributed by atoms with Crippen molar-refractivity contribution >= 4 is 0 Å². The van der Waals surface area contributed by atoms with Gasteiger partial charge in [0.05, 0.1) is 6.04 Å². The molecule has 1 aliphatic rings. The van der Waals surface area contributed by atoms with E-state index in [9.17, 15) is 13.2 Å². The molecule has 0 unspecified atom stereocenters.